The molecule has 0 fully saturated rings. The molecule has 1 N–H and O–H groups in total. The fourth-order valence-electron chi connectivity index (χ4n) is 4.08. The van der Waals surface area contributed by atoms with Crippen LogP contribution in [-0.4, -0.2) is 38.9 Å². The highest BCUT2D eigenvalue weighted by Crippen LogP contribution is 2.29. The first-order valence-corrected chi connectivity index (χ1v) is 14.0. The second-order valence-corrected chi connectivity index (χ2v) is 11.5. The SMILES string of the molecule is CC(C)(C)OC(=O)N[C@H](Cc1nnc(Cc2nc3ccc(-c4ccccc4)cc3s2)o1)C(=O)OCc1ccccc1. The van der Waals surface area contributed by atoms with Gasteiger partial charge in [-0.15, -0.1) is 21.5 Å². The lowest BCUT2D eigenvalue weighted by atomic mass is 10.1. The quantitative estimate of drug-likeness (QED) is 0.211. The lowest BCUT2D eigenvalue weighted by molar-refractivity contribution is -0.147. The number of nitrogens with zero attached hydrogens (tertiary/aromatic N) is 3. The van der Waals surface area contributed by atoms with Gasteiger partial charge in [-0.05, 0) is 49.6 Å². The van der Waals surface area contributed by atoms with Crippen LogP contribution in [0.1, 0.15) is 43.1 Å². The Morgan fingerprint density at radius 2 is 1.63 bits per heavy atom. The summed E-state index contributed by atoms with van der Waals surface area (Å²) in [6.45, 7) is 5.28. The lowest BCUT2D eigenvalue weighted by Crippen LogP contribution is -2.45. The number of carbonyl (C=O) groups is 2. The lowest BCUT2D eigenvalue weighted by Gasteiger charge is -2.22. The van der Waals surface area contributed by atoms with Crippen LogP contribution >= 0.6 is 11.3 Å². The van der Waals surface area contributed by atoms with Crippen molar-refractivity contribution < 1.29 is 23.5 Å². The van der Waals surface area contributed by atoms with Crippen molar-refractivity contribution in [1.82, 2.24) is 20.5 Å². The number of hydrogen-bond acceptors (Lipinski definition) is 9. The molecule has 210 valence electrons. The molecule has 0 aliphatic carbocycles. The third kappa shape index (κ3) is 7.76. The Morgan fingerprint density at radius 3 is 2.37 bits per heavy atom. The first-order chi connectivity index (χ1) is 19.7. The Balaban J connectivity index is 1.27. The Bertz CT molecular complexity index is 1630. The fourth-order valence-corrected chi connectivity index (χ4v) is 5.07. The molecule has 10 heteroatoms. The largest absolute Gasteiger partial charge is 0.459 e. The van der Waals surface area contributed by atoms with E-state index in [-0.39, 0.29) is 18.9 Å². The standard InChI is InChI=1S/C31H30N4O5S/c1-31(2,3)40-30(37)33-24(29(36)38-19-20-10-6-4-7-11-20)17-26-34-35-27(39-26)18-28-32-23-15-14-22(16-25(23)41-28)21-12-8-5-9-13-21/h4-16,24H,17-19H2,1-3H3,(H,33,37)/t24-/m1/s1. The van der Waals surface area contributed by atoms with E-state index in [9.17, 15) is 9.59 Å². The van der Waals surface area contributed by atoms with Gasteiger partial charge in [0, 0.05) is 0 Å². The number of esters is 1. The molecule has 0 radical (unpaired) electrons. The second kappa shape index (κ2) is 12.3. The van der Waals surface area contributed by atoms with Gasteiger partial charge in [-0.25, -0.2) is 14.6 Å². The molecule has 0 unspecified atom stereocenters. The highest BCUT2D eigenvalue weighted by molar-refractivity contribution is 7.18. The first-order valence-electron chi connectivity index (χ1n) is 13.2. The third-order valence-electron chi connectivity index (χ3n) is 5.93. The zero-order valence-corrected chi connectivity index (χ0v) is 23.8. The van der Waals surface area contributed by atoms with Gasteiger partial charge in [0.1, 0.15) is 23.3 Å². The maximum absolute atomic E-state index is 13.0. The number of thiazole rings is 1. The van der Waals surface area contributed by atoms with Crippen LogP contribution in [0.3, 0.4) is 0 Å². The van der Waals surface area contributed by atoms with Crippen LogP contribution in [0.15, 0.2) is 83.3 Å². The molecule has 41 heavy (non-hydrogen) atoms. The van der Waals surface area contributed by atoms with E-state index in [1.54, 1.807) is 32.1 Å². The van der Waals surface area contributed by atoms with Gasteiger partial charge in [0.15, 0.2) is 0 Å². The molecule has 9 nitrogen and oxygen atoms in total. The number of rotatable bonds is 9. The molecule has 0 aliphatic heterocycles. The monoisotopic (exact) mass is 570 g/mol. The van der Waals surface area contributed by atoms with Crippen LogP contribution in [0.25, 0.3) is 21.3 Å². The molecule has 1 atom stereocenters. The molecule has 5 rings (SSSR count). The summed E-state index contributed by atoms with van der Waals surface area (Å²) in [6, 6.07) is 24.6. The van der Waals surface area contributed by atoms with E-state index in [0.29, 0.717) is 12.3 Å². The molecule has 5 aromatic rings. The molecule has 0 spiro atoms. The average Bonchev–Trinajstić information content (AvgIpc) is 3.57. The van der Waals surface area contributed by atoms with Gasteiger partial charge < -0.3 is 19.2 Å². The van der Waals surface area contributed by atoms with Crippen molar-refractivity contribution >= 4 is 33.6 Å². The molecule has 3 aromatic carbocycles. The maximum Gasteiger partial charge on any atom is 0.408 e. The summed E-state index contributed by atoms with van der Waals surface area (Å²) >= 11 is 1.56. The Kier molecular flexibility index (Phi) is 8.39. The van der Waals surface area contributed by atoms with E-state index >= 15 is 0 Å². The van der Waals surface area contributed by atoms with Gasteiger partial charge >= 0.3 is 12.1 Å². The topological polar surface area (TPSA) is 116 Å². The number of carbonyl (C=O) groups excluding carboxylic acids is 2. The molecule has 2 heterocycles. The number of alkyl carbamates (subject to hydrolysis) is 1. The molecule has 0 saturated heterocycles. The van der Waals surface area contributed by atoms with Gasteiger partial charge in [-0.2, -0.15) is 0 Å². The minimum Gasteiger partial charge on any atom is -0.459 e. The number of nitrogens with one attached hydrogen (secondary N) is 1. The van der Waals surface area contributed by atoms with Crippen molar-refractivity contribution in [1.29, 1.82) is 0 Å². The summed E-state index contributed by atoms with van der Waals surface area (Å²) < 4.78 is 17.7. The molecular formula is C31H30N4O5S. The number of aromatic nitrogens is 3. The van der Waals surface area contributed by atoms with E-state index in [1.165, 1.54) is 0 Å². The minimum atomic E-state index is -1.08. The first kappa shape index (κ1) is 28.0. The Labute approximate surface area is 241 Å². The average molecular weight is 571 g/mol. The van der Waals surface area contributed by atoms with Gasteiger partial charge in [0.05, 0.1) is 23.1 Å². The minimum absolute atomic E-state index is 0.0554. The van der Waals surface area contributed by atoms with Crippen molar-refractivity contribution in [3.63, 3.8) is 0 Å². The van der Waals surface area contributed by atoms with Gasteiger partial charge in [-0.1, -0.05) is 66.7 Å². The smallest absolute Gasteiger partial charge is 0.408 e. The van der Waals surface area contributed by atoms with Crippen LogP contribution < -0.4 is 5.32 Å². The van der Waals surface area contributed by atoms with Crippen molar-refractivity contribution in [2.24, 2.45) is 0 Å². The third-order valence-corrected chi connectivity index (χ3v) is 6.95. The van der Waals surface area contributed by atoms with Crippen LogP contribution in [0.4, 0.5) is 4.79 Å². The van der Waals surface area contributed by atoms with E-state index in [1.807, 2.05) is 54.6 Å². The molecule has 0 aliphatic rings. The number of amides is 1. The number of hydrogen-bond donors (Lipinski definition) is 1. The van der Waals surface area contributed by atoms with E-state index in [0.717, 1.165) is 31.9 Å². The van der Waals surface area contributed by atoms with E-state index < -0.39 is 23.7 Å². The molecule has 2 aromatic heterocycles. The number of ether oxygens (including phenoxy) is 2. The zero-order chi connectivity index (χ0) is 28.8. The van der Waals surface area contributed by atoms with Crippen LogP contribution in [-0.2, 0) is 33.7 Å². The van der Waals surface area contributed by atoms with Crippen molar-refractivity contribution in [2.45, 2.75) is 51.9 Å². The highest BCUT2D eigenvalue weighted by Gasteiger charge is 2.28. The van der Waals surface area contributed by atoms with Gasteiger partial charge in [0.2, 0.25) is 11.8 Å². The highest BCUT2D eigenvalue weighted by atomic mass is 32.1. The number of fused-ring (bicyclic) bond motifs is 1. The van der Waals surface area contributed by atoms with Gasteiger partial charge in [-0.3, -0.25) is 0 Å². The summed E-state index contributed by atoms with van der Waals surface area (Å²) in [5, 5.41) is 11.7. The Hall–Kier alpha value is -4.57. The summed E-state index contributed by atoms with van der Waals surface area (Å²) in [5.74, 6) is -0.0962. The van der Waals surface area contributed by atoms with Crippen LogP contribution in [0.5, 0.6) is 0 Å². The summed E-state index contributed by atoms with van der Waals surface area (Å²) in [5.41, 5.74) is 3.24. The predicted molar refractivity (Wildman–Crippen MR) is 155 cm³/mol. The molecular weight excluding hydrogens is 540 g/mol. The second-order valence-electron chi connectivity index (χ2n) is 10.4. The summed E-state index contributed by atoms with van der Waals surface area (Å²) in [4.78, 5) is 30.1. The fraction of sp³-hybridized carbons (Fsp3) is 0.258. The normalized spacial score (nSPS) is 12.2. The molecule has 0 saturated carbocycles. The predicted octanol–water partition coefficient (Wildman–Crippen LogP) is 6.12. The van der Waals surface area contributed by atoms with Crippen molar-refractivity contribution in [3.05, 3.63) is 101 Å². The number of benzene rings is 3. The molecule has 0 bridgehead atoms. The molecule has 1 amide bonds. The van der Waals surface area contributed by atoms with Crippen molar-refractivity contribution in [2.75, 3.05) is 0 Å². The Morgan fingerprint density at radius 1 is 0.927 bits per heavy atom. The van der Waals surface area contributed by atoms with Crippen LogP contribution in [0, 0.1) is 0 Å². The maximum atomic E-state index is 13.0. The van der Waals surface area contributed by atoms with Crippen molar-refractivity contribution in [3.8, 4) is 11.1 Å². The van der Waals surface area contributed by atoms with Gasteiger partial charge in [0.25, 0.3) is 0 Å². The summed E-state index contributed by atoms with van der Waals surface area (Å²) in [6.07, 6.45) is -0.460. The van der Waals surface area contributed by atoms with E-state index in [4.69, 9.17) is 18.9 Å². The van der Waals surface area contributed by atoms with E-state index in [2.05, 4.69) is 39.8 Å². The summed E-state index contributed by atoms with van der Waals surface area (Å²) in [7, 11) is 0. The zero-order valence-electron chi connectivity index (χ0n) is 23.0. The van der Waals surface area contributed by atoms with Crippen LogP contribution in [0.2, 0.25) is 0 Å².